The Morgan fingerprint density at radius 1 is 1.13 bits per heavy atom. The van der Waals surface area contributed by atoms with Crippen molar-refractivity contribution < 1.29 is 9.53 Å². The fourth-order valence-corrected chi connectivity index (χ4v) is 2.05. The van der Waals surface area contributed by atoms with Crippen LogP contribution in [-0.2, 0) is 9.53 Å². The van der Waals surface area contributed by atoms with Crippen molar-refractivity contribution in [2.45, 2.75) is 70.3 Å². The molecule has 0 N–H and O–H groups in total. The quantitative estimate of drug-likeness (QED) is 0.663. The SMILES string of the molecule is [CH2]CCCC(=O)OC1CCCCCCC1. The van der Waals surface area contributed by atoms with E-state index in [9.17, 15) is 4.79 Å². The molecular weight excluding hydrogens is 188 g/mol. The summed E-state index contributed by atoms with van der Waals surface area (Å²) in [6.45, 7) is 3.72. The average molecular weight is 211 g/mol. The van der Waals surface area contributed by atoms with Crippen molar-refractivity contribution >= 4 is 5.97 Å². The smallest absolute Gasteiger partial charge is 0.306 e. The molecule has 2 heteroatoms. The first-order valence-electron chi connectivity index (χ1n) is 6.31. The molecule has 87 valence electrons. The molecule has 0 aromatic rings. The summed E-state index contributed by atoms with van der Waals surface area (Å²) in [6, 6.07) is 0. The summed E-state index contributed by atoms with van der Waals surface area (Å²) >= 11 is 0. The largest absolute Gasteiger partial charge is 0.462 e. The highest BCUT2D eigenvalue weighted by Crippen LogP contribution is 2.20. The molecule has 0 saturated heterocycles. The minimum atomic E-state index is -0.0239. The maximum Gasteiger partial charge on any atom is 0.306 e. The first kappa shape index (κ1) is 12.5. The number of ether oxygens (including phenoxy) is 1. The standard InChI is InChI=1S/C13H23O2/c1-2-3-11-13(14)15-12-9-7-5-4-6-8-10-12/h12H,1-11H2. The van der Waals surface area contributed by atoms with Crippen molar-refractivity contribution in [3.63, 3.8) is 0 Å². The van der Waals surface area contributed by atoms with E-state index in [0.717, 1.165) is 25.7 Å². The molecule has 1 fully saturated rings. The van der Waals surface area contributed by atoms with E-state index in [-0.39, 0.29) is 12.1 Å². The summed E-state index contributed by atoms with van der Waals surface area (Å²) in [5, 5.41) is 0. The van der Waals surface area contributed by atoms with Crippen LogP contribution in [0.25, 0.3) is 0 Å². The van der Waals surface area contributed by atoms with Gasteiger partial charge >= 0.3 is 5.97 Å². The van der Waals surface area contributed by atoms with Gasteiger partial charge in [0, 0.05) is 6.42 Å². The third-order valence-corrected chi connectivity index (χ3v) is 2.98. The van der Waals surface area contributed by atoms with E-state index in [2.05, 4.69) is 6.92 Å². The summed E-state index contributed by atoms with van der Waals surface area (Å²) in [6.07, 6.45) is 10.9. The second-order valence-electron chi connectivity index (χ2n) is 4.41. The van der Waals surface area contributed by atoms with Gasteiger partial charge in [-0.2, -0.15) is 0 Å². The van der Waals surface area contributed by atoms with Gasteiger partial charge in [0.05, 0.1) is 0 Å². The third-order valence-electron chi connectivity index (χ3n) is 2.98. The van der Waals surface area contributed by atoms with Crippen molar-refractivity contribution in [2.75, 3.05) is 0 Å². The normalized spacial score (nSPS) is 19.3. The van der Waals surface area contributed by atoms with Gasteiger partial charge in [-0.1, -0.05) is 32.6 Å². The van der Waals surface area contributed by atoms with E-state index in [4.69, 9.17) is 4.74 Å². The number of carbonyl (C=O) groups excluding carboxylic acids is 1. The molecule has 0 unspecified atom stereocenters. The van der Waals surface area contributed by atoms with E-state index in [1.165, 1.54) is 32.1 Å². The van der Waals surface area contributed by atoms with Gasteiger partial charge in [-0.25, -0.2) is 0 Å². The zero-order chi connectivity index (χ0) is 10.9. The topological polar surface area (TPSA) is 26.3 Å². The van der Waals surface area contributed by atoms with Crippen molar-refractivity contribution in [3.05, 3.63) is 6.92 Å². The van der Waals surface area contributed by atoms with E-state index >= 15 is 0 Å². The van der Waals surface area contributed by atoms with Crippen LogP contribution in [0.2, 0.25) is 0 Å². The van der Waals surface area contributed by atoms with Crippen LogP contribution in [0.15, 0.2) is 0 Å². The summed E-state index contributed by atoms with van der Waals surface area (Å²) in [5.41, 5.74) is 0. The number of rotatable bonds is 4. The molecule has 2 nitrogen and oxygen atoms in total. The van der Waals surface area contributed by atoms with E-state index in [0.29, 0.717) is 6.42 Å². The van der Waals surface area contributed by atoms with Gasteiger partial charge in [-0.05, 0) is 32.1 Å². The van der Waals surface area contributed by atoms with Crippen LogP contribution in [0.3, 0.4) is 0 Å². The van der Waals surface area contributed by atoms with Gasteiger partial charge in [-0.15, -0.1) is 0 Å². The molecule has 15 heavy (non-hydrogen) atoms. The molecule has 1 aliphatic rings. The maximum absolute atomic E-state index is 11.4. The minimum absolute atomic E-state index is 0.0239. The van der Waals surface area contributed by atoms with Crippen LogP contribution in [0, 0.1) is 6.92 Å². The number of hydrogen-bond donors (Lipinski definition) is 0. The number of esters is 1. The summed E-state index contributed by atoms with van der Waals surface area (Å²) in [5.74, 6) is -0.0239. The molecule has 1 radical (unpaired) electrons. The second kappa shape index (κ2) is 7.72. The van der Waals surface area contributed by atoms with Gasteiger partial charge in [-0.3, -0.25) is 4.79 Å². The van der Waals surface area contributed by atoms with E-state index in [1.54, 1.807) is 0 Å². The van der Waals surface area contributed by atoms with Gasteiger partial charge in [0.2, 0.25) is 0 Å². The van der Waals surface area contributed by atoms with Crippen molar-refractivity contribution in [2.24, 2.45) is 0 Å². The Labute approximate surface area is 93.4 Å². The van der Waals surface area contributed by atoms with Crippen molar-refractivity contribution in [1.29, 1.82) is 0 Å². The molecule has 0 spiro atoms. The second-order valence-corrected chi connectivity index (χ2v) is 4.41. The predicted octanol–water partition coefficient (Wildman–Crippen LogP) is 3.65. The Morgan fingerprint density at radius 3 is 2.33 bits per heavy atom. The molecule has 0 aromatic carbocycles. The molecule has 1 rings (SSSR count). The van der Waals surface area contributed by atoms with E-state index < -0.39 is 0 Å². The Hall–Kier alpha value is -0.530. The fourth-order valence-electron chi connectivity index (χ4n) is 2.05. The molecule has 1 aliphatic carbocycles. The molecule has 0 bridgehead atoms. The maximum atomic E-state index is 11.4. The number of carbonyl (C=O) groups is 1. The Bertz CT molecular complexity index is 169. The lowest BCUT2D eigenvalue weighted by Crippen LogP contribution is -2.19. The predicted molar refractivity (Wildman–Crippen MR) is 61.4 cm³/mol. The highest BCUT2D eigenvalue weighted by molar-refractivity contribution is 5.69. The van der Waals surface area contributed by atoms with Gasteiger partial charge in [0.15, 0.2) is 0 Å². The zero-order valence-electron chi connectivity index (χ0n) is 9.67. The lowest BCUT2D eigenvalue weighted by Gasteiger charge is -2.20. The molecule has 0 aromatic heterocycles. The Morgan fingerprint density at radius 2 is 1.73 bits per heavy atom. The van der Waals surface area contributed by atoms with Gasteiger partial charge in [0.1, 0.15) is 6.10 Å². The van der Waals surface area contributed by atoms with Crippen molar-refractivity contribution in [3.8, 4) is 0 Å². The molecule has 0 atom stereocenters. The zero-order valence-corrected chi connectivity index (χ0v) is 9.67. The Kier molecular flexibility index (Phi) is 6.45. The van der Waals surface area contributed by atoms with Gasteiger partial charge < -0.3 is 4.74 Å². The summed E-state index contributed by atoms with van der Waals surface area (Å²) in [4.78, 5) is 11.4. The third kappa shape index (κ3) is 5.81. The van der Waals surface area contributed by atoms with Gasteiger partial charge in [0.25, 0.3) is 0 Å². The van der Waals surface area contributed by atoms with Crippen molar-refractivity contribution in [1.82, 2.24) is 0 Å². The van der Waals surface area contributed by atoms with Crippen LogP contribution in [0.1, 0.15) is 64.2 Å². The monoisotopic (exact) mass is 211 g/mol. The van der Waals surface area contributed by atoms with Crippen LogP contribution in [0.4, 0.5) is 0 Å². The molecule has 0 heterocycles. The molecule has 0 amide bonds. The van der Waals surface area contributed by atoms with Crippen LogP contribution in [0.5, 0.6) is 0 Å². The number of hydrogen-bond acceptors (Lipinski definition) is 2. The van der Waals surface area contributed by atoms with Crippen LogP contribution >= 0.6 is 0 Å². The molecule has 0 aliphatic heterocycles. The van der Waals surface area contributed by atoms with E-state index in [1.807, 2.05) is 0 Å². The lowest BCUT2D eigenvalue weighted by atomic mass is 9.98. The first-order valence-corrected chi connectivity index (χ1v) is 6.31. The average Bonchev–Trinajstić information content (AvgIpc) is 2.19. The molecular formula is C13H23O2. The summed E-state index contributed by atoms with van der Waals surface area (Å²) in [7, 11) is 0. The highest BCUT2D eigenvalue weighted by atomic mass is 16.5. The van der Waals surface area contributed by atoms with Crippen LogP contribution < -0.4 is 0 Å². The fraction of sp³-hybridized carbons (Fsp3) is 0.846. The minimum Gasteiger partial charge on any atom is -0.462 e. The number of unbranched alkanes of at least 4 members (excludes halogenated alkanes) is 1. The highest BCUT2D eigenvalue weighted by Gasteiger charge is 2.15. The molecule has 1 saturated carbocycles. The first-order chi connectivity index (χ1) is 7.33. The lowest BCUT2D eigenvalue weighted by molar-refractivity contribution is -0.150. The van der Waals surface area contributed by atoms with Crippen LogP contribution in [-0.4, -0.2) is 12.1 Å². The Balaban J connectivity index is 2.19. The summed E-state index contributed by atoms with van der Waals surface area (Å²) < 4.78 is 5.46.